The van der Waals surface area contributed by atoms with Crippen LogP contribution >= 0.6 is 0 Å². The molecule has 1 atom stereocenters. The number of likely N-dealkylation sites (tertiary alicyclic amines) is 1. The Morgan fingerprint density at radius 1 is 1.24 bits per heavy atom. The Labute approximate surface area is 143 Å². The van der Waals surface area contributed by atoms with Crippen molar-refractivity contribution in [1.29, 1.82) is 0 Å². The largest absolute Gasteiger partial charge is 0.573 e. The molecule has 0 bridgehead atoms. The predicted octanol–water partition coefficient (Wildman–Crippen LogP) is 2.46. The first-order valence-corrected chi connectivity index (χ1v) is 8.20. The maximum Gasteiger partial charge on any atom is 0.573 e. The molecule has 0 radical (unpaired) electrons. The molecule has 3 rings (SSSR count). The highest BCUT2D eigenvalue weighted by Gasteiger charge is 2.35. The number of carbonyl (C=O) groups is 2. The Kier molecular flexibility index (Phi) is 4.87. The van der Waals surface area contributed by atoms with E-state index >= 15 is 0 Å². The first-order valence-electron chi connectivity index (χ1n) is 8.20. The molecular formula is C17H19F3N2O3. The number of nitrogens with zero attached hydrogens (tertiary/aromatic N) is 1. The van der Waals surface area contributed by atoms with E-state index in [2.05, 4.69) is 10.1 Å². The van der Waals surface area contributed by atoms with E-state index in [1.54, 1.807) is 4.90 Å². The zero-order valence-electron chi connectivity index (χ0n) is 13.5. The summed E-state index contributed by atoms with van der Waals surface area (Å²) in [5, 5.41) is 2.88. The fraction of sp³-hybridized carbons (Fsp3) is 0.529. The summed E-state index contributed by atoms with van der Waals surface area (Å²) < 4.78 is 40.2. The minimum absolute atomic E-state index is 0.100. The summed E-state index contributed by atoms with van der Waals surface area (Å²) in [6, 6.07) is 5.39. The topological polar surface area (TPSA) is 58.6 Å². The van der Waals surface area contributed by atoms with Gasteiger partial charge >= 0.3 is 6.36 Å². The normalized spacial score (nSPS) is 20.7. The molecule has 1 saturated carbocycles. The van der Waals surface area contributed by atoms with Crippen molar-refractivity contribution in [2.24, 2.45) is 11.8 Å². The summed E-state index contributed by atoms with van der Waals surface area (Å²) in [7, 11) is 0. The third-order valence-corrected chi connectivity index (χ3v) is 4.38. The second kappa shape index (κ2) is 6.93. The van der Waals surface area contributed by atoms with Gasteiger partial charge in [0.15, 0.2) is 0 Å². The molecular weight excluding hydrogens is 337 g/mol. The molecule has 5 nitrogen and oxygen atoms in total. The Hall–Kier alpha value is -2.25. The third-order valence-electron chi connectivity index (χ3n) is 4.38. The van der Waals surface area contributed by atoms with Gasteiger partial charge < -0.3 is 15.0 Å². The number of halogens is 3. The molecule has 1 N–H and O–H groups in total. The first-order chi connectivity index (χ1) is 11.8. The van der Waals surface area contributed by atoms with Gasteiger partial charge in [0.25, 0.3) is 0 Å². The molecule has 1 aromatic rings. The molecule has 1 aliphatic carbocycles. The molecule has 8 heteroatoms. The molecule has 136 valence electrons. The van der Waals surface area contributed by atoms with Gasteiger partial charge in [0.1, 0.15) is 5.75 Å². The highest BCUT2D eigenvalue weighted by atomic mass is 19.4. The molecule has 0 spiro atoms. The van der Waals surface area contributed by atoms with E-state index < -0.39 is 6.36 Å². The Morgan fingerprint density at radius 2 is 1.92 bits per heavy atom. The molecule has 2 amide bonds. The monoisotopic (exact) mass is 356 g/mol. The zero-order chi connectivity index (χ0) is 18.0. The highest BCUT2D eigenvalue weighted by Crippen LogP contribution is 2.28. The SMILES string of the molecule is O=C(NCC1CC1)C1CC(=O)N(Cc2ccc(OC(F)(F)F)cc2)C1. The van der Waals surface area contributed by atoms with Crippen molar-refractivity contribution in [3.8, 4) is 5.75 Å². The number of nitrogens with one attached hydrogen (secondary N) is 1. The van der Waals surface area contributed by atoms with Crippen LogP contribution in [0.2, 0.25) is 0 Å². The Bertz CT molecular complexity index is 642. The van der Waals surface area contributed by atoms with Crippen molar-refractivity contribution in [2.75, 3.05) is 13.1 Å². The van der Waals surface area contributed by atoms with E-state index in [1.807, 2.05) is 0 Å². The highest BCUT2D eigenvalue weighted by molar-refractivity contribution is 5.89. The van der Waals surface area contributed by atoms with E-state index in [-0.39, 0.29) is 36.4 Å². The molecule has 25 heavy (non-hydrogen) atoms. The lowest BCUT2D eigenvalue weighted by atomic mass is 10.1. The first kappa shape index (κ1) is 17.6. The predicted molar refractivity (Wildman–Crippen MR) is 82.4 cm³/mol. The Morgan fingerprint density at radius 3 is 2.52 bits per heavy atom. The summed E-state index contributed by atoms with van der Waals surface area (Å²) in [5.74, 6) is -0.311. The van der Waals surface area contributed by atoms with Gasteiger partial charge in [-0.1, -0.05) is 12.1 Å². The Balaban J connectivity index is 1.52. The van der Waals surface area contributed by atoms with Gasteiger partial charge in [-0.2, -0.15) is 0 Å². The average molecular weight is 356 g/mol. The minimum Gasteiger partial charge on any atom is -0.406 e. The maximum atomic E-state index is 12.1. The molecule has 1 heterocycles. The van der Waals surface area contributed by atoms with Gasteiger partial charge in [-0.3, -0.25) is 9.59 Å². The second-order valence-corrected chi connectivity index (χ2v) is 6.56. The standard InChI is InChI=1S/C17H19F3N2O3/c18-17(19,20)25-14-5-3-12(4-6-14)9-22-10-13(7-15(22)23)16(24)21-8-11-1-2-11/h3-6,11,13H,1-2,7-10H2,(H,21,24). The summed E-state index contributed by atoms with van der Waals surface area (Å²) in [6.45, 7) is 1.26. The number of carbonyl (C=O) groups excluding carboxylic acids is 2. The van der Waals surface area contributed by atoms with E-state index in [0.29, 0.717) is 24.6 Å². The molecule has 1 saturated heterocycles. The van der Waals surface area contributed by atoms with Crippen molar-refractivity contribution in [3.63, 3.8) is 0 Å². The van der Waals surface area contributed by atoms with Crippen LogP contribution < -0.4 is 10.1 Å². The lowest BCUT2D eigenvalue weighted by Gasteiger charge is -2.17. The van der Waals surface area contributed by atoms with Crippen molar-refractivity contribution < 1.29 is 27.5 Å². The van der Waals surface area contributed by atoms with Crippen LogP contribution in [0.25, 0.3) is 0 Å². The number of rotatable bonds is 6. The van der Waals surface area contributed by atoms with E-state index in [9.17, 15) is 22.8 Å². The fourth-order valence-electron chi connectivity index (χ4n) is 2.83. The smallest absolute Gasteiger partial charge is 0.406 e. The number of hydrogen-bond acceptors (Lipinski definition) is 3. The van der Waals surface area contributed by atoms with Crippen LogP contribution in [0.3, 0.4) is 0 Å². The molecule has 2 fully saturated rings. The van der Waals surface area contributed by atoms with Crippen LogP contribution in [0.5, 0.6) is 5.75 Å². The summed E-state index contributed by atoms with van der Waals surface area (Å²) in [6.07, 6.45) is -2.27. The number of benzene rings is 1. The molecule has 2 aliphatic rings. The van der Waals surface area contributed by atoms with Gasteiger partial charge in [-0.15, -0.1) is 13.2 Å². The van der Waals surface area contributed by atoms with Crippen LogP contribution in [0.1, 0.15) is 24.8 Å². The summed E-state index contributed by atoms with van der Waals surface area (Å²) in [4.78, 5) is 25.7. The van der Waals surface area contributed by atoms with Crippen LogP contribution in [0.15, 0.2) is 24.3 Å². The zero-order valence-corrected chi connectivity index (χ0v) is 13.5. The van der Waals surface area contributed by atoms with Crippen LogP contribution in [-0.4, -0.2) is 36.2 Å². The van der Waals surface area contributed by atoms with Gasteiger partial charge in [0.2, 0.25) is 11.8 Å². The van der Waals surface area contributed by atoms with E-state index in [1.165, 1.54) is 24.3 Å². The lowest BCUT2D eigenvalue weighted by molar-refractivity contribution is -0.274. The molecule has 0 aromatic heterocycles. The molecule has 1 aromatic carbocycles. The van der Waals surface area contributed by atoms with Gasteiger partial charge in [-0.05, 0) is 36.5 Å². The van der Waals surface area contributed by atoms with Gasteiger partial charge in [-0.25, -0.2) is 0 Å². The third kappa shape index (κ3) is 5.11. The molecule has 1 aliphatic heterocycles. The van der Waals surface area contributed by atoms with Crippen LogP contribution in [0, 0.1) is 11.8 Å². The number of ether oxygens (including phenoxy) is 1. The van der Waals surface area contributed by atoms with Crippen molar-refractivity contribution in [3.05, 3.63) is 29.8 Å². The average Bonchev–Trinajstić information content (AvgIpc) is 3.29. The van der Waals surface area contributed by atoms with E-state index in [0.717, 1.165) is 12.8 Å². The quantitative estimate of drug-likeness (QED) is 0.852. The van der Waals surface area contributed by atoms with Gasteiger partial charge in [0, 0.05) is 26.1 Å². The van der Waals surface area contributed by atoms with Crippen molar-refractivity contribution in [2.45, 2.75) is 32.2 Å². The number of alkyl halides is 3. The molecule has 1 unspecified atom stereocenters. The maximum absolute atomic E-state index is 12.1. The van der Waals surface area contributed by atoms with Gasteiger partial charge in [0.05, 0.1) is 5.92 Å². The lowest BCUT2D eigenvalue weighted by Crippen LogP contribution is -2.34. The minimum atomic E-state index is -4.73. The van der Waals surface area contributed by atoms with E-state index in [4.69, 9.17) is 0 Å². The summed E-state index contributed by atoms with van der Waals surface area (Å²) in [5.41, 5.74) is 0.682. The van der Waals surface area contributed by atoms with Crippen molar-refractivity contribution >= 4 is 11.8 Å². The van der Waals surface area contributed by atoms with Crippen molar-refractivity contribution in [1.82, 2.24) is 10.2 Å². The number of amides is 2. The fourth-order valence-corrected chi connectivity index (χ4v) is 2.83. The van der Waals surface area contributed by atoms with Crippen LogP contribution in [-0.2, 0) is 16.1 Å². The van der Waals surface area contributed by atoms with Crippen LogP contribution in [0.4, 0.5) is 13.2 Å². The second-order valence-electron chi connectivity index (χ2n) is 6.56. The number of hydrogen-bond donors (Lipinski definition) is 1. The summed E-state index contributed by atoms with van der Waals surface area (Å²) >= 11 is 0.